The summed E-state index contributed by atoms with van der Waals surface area (Å²) < 4.78 is 34.4. The Labute approximate surface area is 136 Å². The molecule has 7 heteroatoms. The van der Waals surface area contributed by atoms with Crippen LogP contribution in [0.4, 0.5) is 15.3 Å². The molecule has 1 unspecified atom stereocenters. The lowest BCUT2D eigenvalue weighted by atomic mass is 10.1. The van der Waals surface area contributed by atoms with Crippen LogP contribution in [-0.4, -0.2) is 39.7 Å². The number of piperidine rings is 1. The molecule has 0 radical (unpaired) electrons. The van der Waals surface area contributed by atoms with E-state index in [1.165, 1.54) is 19.3 Å². The Bertz CT molecular complexity index is 686. The van der Waals surface area contributed by atoms with Gasteiger partial charge in [0.2, 0.25) is 5.91 Å². The van der Waals surface area contributed by atoms with Crippen molar-refractivity contribution < 1.29 is 17.1 Å². The Morgan fingerprint density at radius 1 is 1.13 bits per heavy atom. The first-order chi connectivity index (χ1) is 10.9. The highest BCUT2D eigenvalue weighted by Gasteiger charge is 2.33. The second kappa shape index (κ2) is 6.47. The van der Waals surface area contributed by atoms with E-state index in [1.54, 1.807) is 4.90 Å². The minimum Gasteiger partial charge on any atom is -0.371 e. The molecule has 0 saturated carbocycles. The largest absolute Gasteiger partial charge is 0.371 e. The van der Waals surface area contributed by atoms with Gasteiger partial charge in [0.25, 0.3) is 0 Å². The number of benzene rings is 1. The van der Waals surface area contributed by atoms with Crippen LogP contribution in [0.25, 0.3) is 0 Å². The van der Waals surface area contributed by atoms with Crippen molar-refractivity contribution in [1.82, 2.24) is 0 Å². The van der Waals surface area contributed by atoms with E-state index < -0.39 is 21.9 Å². The molecule has 1 amide bonds. The van der Waals surface area contributed by atoms with Gasteiger partial charge in [0.15, 0.2) is 0 Å². The van der Waals surface area contributed by atoms with Crippen LogP contribution in [0.15, 0.2) is 24.3 Å². The van der Waals surface area contributed by atoms with Crippen molar-refractivity contribution in [1.29, 1.82) is 0 Å². The second-order valence-electron chi connectivity index (χ2n) is 6.35. The lowest BCUT2D eigenvalue weighted by Crippen LogP contribution is -2.30. The van der Waals surface area contributed by atoms with Crippen molar-refractivity contribution in [2.75, 3.05) is 35.2 Å². The van der Waals surface area contributed by atoms with E-state index in [0.29, 0.717) is 0 Å². The average molecular weight is 340 g/mol. The molecule has 1 atom stereocenters. The van der Waals surface area contributed by atoms with Crippen molar-refractivity contribution >= 4 is 27.5 Å². The summed E-state index contributed by atoms with van der Waals surface area (Å²) in [5, 5.41) is 0. The number of carbonyl (C=O) groups excluding carboxylic acids is 1. The lowest BCUT2D eigenvalue weighted by Gasteiger charge is -2.29. The molecular weight excluding hydrogens is 319 g/mol. The maximum absolute atomic E-state index is 12.8. The van der Waals surface area contributed by atoms with Crippen molar-refractivity contribution in [2.45, 2.75) is 25.7 Å². The predicted octanol–water partition coefficient (Wildman–Crippen LogP) is 2.33. The third-order valence-corrected chi connectivity index (χ3v) is 5.37. The summed E-state index contributed by atoms with van der Waals surface area (Å²) in [6, 6.07) is 7.75. The van der Waals surface area contributed by atoms with E-state index in [2.05, 4.69) is 4.90 Å². The first-order valence-corrected chi connectivity index (χ1v) is 9.55. The highest BCUT2D eigenvalue weighted by Crippen LogP contribution is 2.30. The second-order valence-corrected chi connectivity index (χ2v) is 7.76. The molecule has 0 aliphatic carbocycles. The van der Waals surface area contributed by atoms with E-state index in [-0.39, 0.29) is 18.9 Å². The van der Waals surface area contributed by atoms with Gasteiger partial charge in [-0.1, -0.05) is 6.07 Å². The molecule has 2 saturated heterocycles. The average Bonchev–Trinajstić information content (AvgIpc) is 2.87. The minimum atomic E-state index is -4.55. The van der Waals surface area contributed by atoms with Crippen molar-refractivity contribution in [3.8, 4) is 0 Å². The van der Waals surface area contributed by atoms with E-state index in [0.717, 1.165) is 24.5 Å². The lowest BCUT2D eigenvalue weighted by molar-refractivity contribution is -0.117. The predicted molar refractivity (Wildman–Crippen MR) is 87.9 cm³/mol. The van der Waals surface area contributed by atoms with Gasteiger partial charge >= 0.3 is 10.2 Å². The Balaban J connectivity index is 1.75. The molecule has 2 aliphatic rings. The van der Waals surface area contributed by atoms with Crippen LogP contribution in [-0.2, 0) is 15.0 Å². The molecule has 126 valence electrons. The van der Waals surface area contributed by atoms with Crippen LogP contribution in [0.2, 0.25) is 0 Å². The van der Waals surface area contributed by atoms with Crippen LogP contribution < -0.4 is 9.80 Å². The zero-order chi connectivity index (χ0) is 16.4. The Hall–Kier alpha value is -1.63. The van der Waals surface area contributed by atoms with Gasteiger partial charge in [-0.15, -0.1) is 3.89 Å². The van der Waals surface area contributed by atoms with E-state index in [4.69, 9.17) is 0 Å². The van der Waals surface area contributed by atoms with Crippen LogP contribution in [0.3, 0.4) is 0 Å². The van der Waals surface area contributed by atoms with E-state index >= 15 is 0 Å². The number of hydrogen-bond acceptors (Lipinski definition) is 4. The summed E-state index contributed by atoms with van der Waals surface area (Å²) >= 11 is 0. The number of amides is 1. The van der Waals surface area contributed by atoms with Gasteiger partial charge in [-0.05, 0) is 37.5 Å². The highest BCUT2D eigenvalue weighted by molar-refractivity contribution is 7.86. The van der Waals surface area contributed by atoms with Gasteiger partial charge in [0.05, 0.1) is 5.75 Å². The molecule has 0 N–H and O–H groups in total. The molecule has 2 aliphatic heterocycles. The number of nitrogens with zero attached hydrogens (tertiary/aromatic N) is 2. The number of hydrogen-bond donors (Lipinski definition) is 0. The third-order valence-electron chi connectivity index (χ3n) is 4.50. The normalized spacial score (nSPS) is 22.7. The number of anilines is 2. The van der Waals surface area contributed by atoms with Gasteiger partial charge in [0.1, 0.15) is 0 Å². The highest BCUT2D eigenvalue weighted by atomic mass is 32.3. The van der Waals surface area contributed by atoms with Gasteiger partial charge in [0, 0.05) is 43.3 Å². The summed E-state index contributed by atoms with van der Waals surface area (Å²) in [7, 11) is -4.55. The summed E-state index contributed by atoms with van der Waals surface area (Å²) in [5.74, 6) is -1.20. The third kappa shape index (κ3) is 4.02. The zero-order valence-electron chi connectivity index (χ0n) is 12.9. The van der Waals surface area contributed by atoms with Crippen molar-refractivity contribution in [3.63, 3.8) is 0 Å². The van der Waals surface area contributed by atoms with Crippen LogP contribution in [0.1, 0.15) is 25.7 Å². The molecule has 1 aromatic rings. The topological polar surface area (TPSA) is 57.7 Å². The molecule has 3 rings (SSSR count). The van der Waals surface area contributed by atoms with Crippen LogP contribution in [0.5, 0.6) is 0 Å². The maximum Gasteiger partial charge on any atom is 0.302 e. The summed E-state index contributed by atoms with van der Waals surface area (Å²) in [5.41, 5.74) is 1.84. The molecule has 0 bridgehead atoms. The van der Waals surface area contributed by atoms with Crippen LogP contribution in [0, 0.1) is 5.92 Å². The standard InChI is InChI=1S/C16H21FN2O3S/c17-23(21,22)12-13-9-16(20)19(11-13)15-6-4-5-14(10-15)18-7-2-1-3-8-18/h4-6,10,13H,1-3,7-9,11-12H2. The first kappa shape index (κ1) is 16.2. The van der Waals surface area contributed by atoms with Gasteiger partial charge < -0.3 is 9.80 Å². The minimum absolute atomic E-state index is 0.0804. The molecule has 0 spiro atoms. The summed E-state index contributed by atoms with van der Waals surface area (Å²) in [6.45, 7) is 2.28. The van der Waals surface area contributed by atoms with Crippen molar-refractivity contribution in [2.24, 2.45) is 5.92 Å². The summed E-state index contributed by atoms with van der Waals surface area (Å²) in [4.78, 5) is 16.0. The molecule has 23 heavy (non-hydrogen) atoms. The molecule has 2 heterocycles. The quantitative estimate of drug-likeness (QED) is 0.790. The van der Waals surface area contributed by atoms with Gasteiger partial charge in [-0.2, -0.15) is 8.42 Å². The zero-order valence-corrected chi connectivity index (χ0v) is 13.8. The molecular formula is C16H21FN2O3S. The monoisotopic (exact) mass is 340 g/mol. The summed E-state index contributed by atoms with van der Waals surface area (Å²) in [6.07, 6.45) is 3.67. The fourth-order valence-electron chi connectivity index (χ4n) is 3.43. The van der Waals surface area contributed by atoms with E-state index in [1.807, 2.05) is 24.3 Å². The Morgan fingerprint density at radius 2 is 1.83 bits per heavy atom. The molecule has 2 fully saturated rings. The SMILES string of the molecule is O=C1CC(CS(=O)(=O)F)CN1c1cccc(N2CCCCC2)c1. The maximum atomic E-state index is 12.8. The van der Waals surface area contributed by atoms with E-state index in [9.17, 15) is 17.1 Å². The Kier molecular flexibility index (Phi) is 4.57. The Morgan fingerprint density at radius 3 is 2.52 bits per heavy atom. The van der Waals surface area contributed by atoms with Crippen LogP contribution >= 0.6 is 0 Å². The molecule has 5 nitrogen and oxygen atoms in total. The number of carbonyl (C=O) groups is 1. The van der Waals surface area contributed by atoms with Crippen molar-refractivity contribution in [3.05, 3.63) is 24.3 Å². The first-order valence-electron chi connectivity index (χ1n) is 8.00. The number of rotatable bonds is 4. The van der Waals surface area contributed by atoms with Gasteiger partial charge in [-0.3, -0.25) is 4.79 Å². The molecule has 0 aromatic heterocycles. The fraction of sp³-hybridized carbons (Fsp3) is 0.562. The van der Waals surface area contributed by atoms with Gasteiger partial charge in [-0.25, -0.2) is 0 Å². The molecule has 1 aromatic carbocycles. The number of halogens is 1. The fourth-order valence-corrected chi connectivity index (χ4v) is 4.22. The smallest absolute Gasteiger partial charge is 0.302 e.